The number of carboxylic acid groups (broad SMARTS) is 1. The van der Waals surface area contributed by atoms with E-state index in [4.69, 9.17) is 16.3 Å². The summed E-state index contributed by atoms with van der Waals surface area (Å²) >= 11 is 6.33. The van der Waals surface area contributed by atoms with Crippen LogP contribution in [0.1, 0.15) is 24.8 Å². The van der Waals surface area contributed by atoms with E-state index < -0.39 is 30.3 Å². The van der Waals surface area contributed by atoms with Gasteiger partial charge in [0, 0.05) is 24.7 Å². The molecule has 0 bridgehead atoms. The number of methoxy groups -OCH3 is 1. The lowest BCUT2D eigenvalue weighted by atomic mass is 9.90. The highest BCUT2D eigenvalue weighted by molar-refractivity contribution is 6.33. The molecule has 1 aromatic carbocycles. The number of benzene rings is 1. The lowest BCUT2D eigenvalue weighted by Crippen LogP contribution is -2.34. The molecule has 1 saturated heterocycles. The SMILES string of the molecule is C=C1C(C(F)(F)F)=NN(c2ccc(CC3CCN(c4cc(OC)ncc4Cl)CC3)cc2)[C@H]1CC(=O)O. The van der Waals surface area contributed by atoms with Crippen LogP contribution in [0.3, 0.4) is 0 Å². The fraction of sp³-hybridized carbons (Fsp3) is 0.400. The number of halogens is 4. The highest BCUT2D eigenvalue weighted by Gasteiger charge is 2.46. The van der Waals surface area contributed by atoms with Gasteiger partial charge in [-0.2, -0.15) is 18.3 Å². The normalized spacial score (nSPS) is 19.0. The molecule has 1 aromatic heterocycles. The molecule has 2 aromatic rings. The number of hydrogen-bond donors (Lipinski definition) is 1. The molecule has 0 aliphatic carbocycles. The first-order valence-electron chi connectivity index (χ1n) is 11.5. The van der Waals surface area contributed by atoms with Crippen LogP contribution in [-0.4, -0.2) is 54.2 Å². The summed E-state index contributed by atoms with van der Waals surface area (Å²) in [4.78, 5) is 17.6. The third-order valence-corrected chi connectivity index (χ3v) is 6.84. The van der Waals surface area contributed by atoms with Gasteiger partial charge in [-0.15, -0.1) is 0 Å². The molecular formula is C25H26ClF3N4O3. The van der Waals surface area contributed by atoms with E-state index in [1.165, 1.54) is 0 Å². The van der Waals surface area contributed by atoms with Crippen LogP contribution < -0.4 is 14.6 Å². The Morgan fingerprint density at radius 2 is 1.92 bits per heavy atom. The van der Waals surface area contributed by atoms with Gasteiger partial charge in [0.15, 0.2) is 5.71 Å². The number of carboxylic acids is 1. The summed E-state index contributed by atoms with van der Waals surface area (Å²) in [6, 6.07) is 7.81. The molecule has 2 aliphatic rings. The molecule has 11 heteroatoms. The lowest BCUT2D eigenvalue weighted by molar-refractivity contribution is -0.137. The van der Waals surface area contributed by atoms with Crippen molar-refractivity contribution in [3.63, 3.8) is 0 Å². The monoisotopic (exact) mass is 522 g/mol. The second-order valence-electron chi connectivity index (χ2n) is 8.91. The molecule has 1 N–H and O–H groups in total. The topological polar surface area (TPSA) is 78.3 Å². The van der Waals surface area contributed by atoms with Crippen molar-refractivity contribution >= 4 is 34.7 Å². The van der Waals surface area contributed by atoms with Crippen LogP contribution in [0.2, 0.25) is 5.02 Å². The number of nitrogens with zero attached hydrogens (tertiary/aromatic N) is 4. The van der Waals surface area contributed by atoms with Gasteiger partial charge in [-0.3, -0.25) is 9.80 Å². The molecule has 1 atom stereocenters. The summed E-state index contributed by atoms with van der Waals surface area (Å²) in [6.45, 7) is 5.13. The minimum Gasteiger partial charge on any atom is -0.481 e. The second-order valence-corrected chi connectivity index (χ2v) is 9.32. The summed E-state index contributed by atoms with van der Waals surface area (Å²) in [5, 5.41) is 14.5. The first-order chi connectivity index (χ1) is 17.1. The third kappa shape index (κ3) is 5.59. The van der Waals surface area contributed by atoms with Crippen LogP contribution in [0, 0.1) is 5.92 Å². The molecule has 0 unspecified atom stereocenters. The fourth-order valence-corrected chi connectivity index (χ4v) is 4.88. The molecule has 7 nitrogen and oxygen atoms in total. The zero-order valence-electron chi connectivity index (χ0n) is 19.6. The van der Waals surface area contributed by atoms with Gasteiger partial charge >= 0.3 is 12.1 Å². The number of hydrogen-bond acceptors (Lipinski definition) is 6. The van der Waals surface area contributed by atoms with Crippen molar-refractivity contribution in [1.82, 2.24) is 4.98 Å². The number of ether oxygens (including phenoxy) is 1. The van der Waals surface area contributed by atoms with Crippen molar-refractivity contribution in [3.8, 4) is 5.88 Å². The quantitative estimate of drug-likeness (QED) is 0.529. The predicted octanol–water partition coefficient (Wildman–Crippen LogP) is 5.34. The van der Waals surface area contributed by atoms with E-state index in [2.05, 4.69) is 21.6 Å². The zero-order chi connectivity index (χ0) is 26.0. The maximum Gasteiger partial charge on any atom is 0.435 e. The van der Waals surface area contributed by atoms with Gasteiger partial charge in [-0.1, -0.05) is 30.3 Å². The molecule has 4 rings (SSSR count). The van der Waals surface area contributed by atoms with Gasteiger partial charge in [0.25, 0.3) is 0 Å². The van der Waals surface area contributed by atoms with Gasteiger partial charge in [0.05, 0.1) is 42.2 Å². The summed E-state index contributed by atoms with van der Waals surface area (Å²) in [7, 11) is 1.56. The molecule has 2 aliphatic heterocycles. The van der Waals surface area contributed by atoms with Gasteiger partial charge < -0.3 is 14.7 Å². The third-order valence-electron chi connectivity index (χ3n) is 6.55. The highest BCUT2D eigenvalue weighted by atomic mass is 35.5. The number of rotatable bonds is 7. The summed E-state index contributed by atoms with van der Waals surface area (Å²) in [6.07, 6.45) is -0.923. The van der Waals surface area contributed by atoms with Crippen LogP contribution in [0.25, 0.3) is 0 Å². The Kier molecular flexibility index (Phi) is 7.44. The first-order valence-corrected chi connectivity index (χ1v) is 11.8. The van der Waals surface area contributed by atoms with Crippen LogP contribution in [0.15, 0.2) is 53.8 Å². The Labute approximate surface area is 211 Å². The van der Waals surface area contributed by atoms with Gasteiger partial charge in [0.1, 0.15) is 0 Å². The Bertz CT molecular complexity index is 1160. The number of alkyl halides is 3. The molecule has 192 valence electrons. The average Bonchev–Trinajstić information content (AvgIpc) is 3.16. The number of aromatic nitrogens is 1. The predicted molar refractivity (Wildman–Crippen MR) is 132 cm³/mol. The smallest absolute Gasteiger partial charge is 0.435 e. The standard InChI is InChI=1S/C25H26ClF3N4O3/c1-15-20(13-23(34)35)33(31-24(15)25(27,28)29)18-5-3-16(4-6-18)11-17-7-9-32(10-8-17)21-12-22(36-2)30-14-19(21)26/h3-6,12,14,17,20H,1,7-11,13H2,2H3,(H,34,35)/t20-/m0/s1. The van der Waals surface area contributed by atoms with E-state index >= 15 is 0 Å². The van der Waals surface area contributed by atoms with Gasteiger partial charge in [-0.05, 0) is 42.9 Å². The fourth-order valence-electron chi connectivity index (χ4n) is 4.66. The lowest BCUT2D eigenvalue weighted by Gasteiger charge is -2.34. The zero-order valence-corrected chi connectivity index (χ0v) is 20.4. The minimum atomic E-state index is -4.71. The Balaban J connectivity index is 1.41. The van der Waals surface area contributed by atoms with E-state index in [1.807, 2.05) is 18.2 Å². The van der Waals surface area contributed by atoms with E-state index in [0.717, 1.165) is 48.6 Å². The van der Waals surface area contributed by atoms with Crippen LogP contribution in [0.4, 0.5) is 24.5 Å². The van der Waals surface area contributed by atoms with Crippen molar-refractivity contribution in [1.29, 1.82) is 0 Å². The molecule has 36 heavy (non-hydrogen) atoms. The van der Waals surface area contributed by atoms with Gasteiger partial charge in [0.2, 0.25) is 5.88 Å². The van der Waals surface area contributed by atoms with Crippen molar-refractivity contribution < 1.29 is 27.8 Å². The molecule has 0 saturated carbocycles. The van der Waals surface area contributed by atoms with E-state index in [1.54, 1.807) is 25.4 Å². The number of aliphatic carboxylic acids is 1. The summed E-state index contributed by atoms with van der Waals surface area (Å²) in [5.74, 6) is -0.273. The molecule has 0 spiro atoms. The first kappa shape index (κ1) is 25.8. The Morgan fingerprint density at radius 1 is 1.25 bits per heavy atom. The highest BCUT2D eigenvalue weighted by Crippen LogP contribution is 2.36. The Hall–Kier alpha value is -3.27. The van der Waals surface area contributed by atoms with Crippen LogP contribution >= 0.6 is 11.6 Å². The molecular weight excluding hydrogens is 497 g/mol. The second kappa shape index (κ2) is 10.4. The molecule has 3 heterocycles. The maximum absolute atomic E-state index is 13.3. The molecule has 0 amide bonds. The van der Waals surface area contributed by atoms with E-state index in [0.29, 0.717) is 22.5 Å². The largest absolute Gasteiger partial charge is 0.481 e. The van der Waals surface area contributed by atoms with Crippen LogP contribution in [-0.2, 0) is 11.2 Å². The summed E-state index contributed by atoms with van der Waals surface area (Å²) < 4.78 is 45.2. The van der Waals surface area contributed by atoms with Crippen molar-refractivity contribution in [2.24, 2.45) is 11.0 Å². The van der Waals surface area contributed by atoms with Crippen molar-refractivity contribution in [3.05, 3.63) is 59.3 Å². The molecule has 1 fully saturated rings. The van der Waals surface area contributed by atoms with E-state index in [9.17, 15) is 23.1 Å². The van der Waals surface area contributed by atoms with Crippen LogP contribution in [0.5, 0.6) is 5.88 Å². The van der Waals surface area contributed by atoms with Crippen molar-refractivity contribution in [2.75, 3.05) is 30.1 Å². The minimum absolute atomic E-state index is 0.340. The van der Waals surface area contributed by atoms with Crippen molar-refractivity contribution in [2.45, 2.75) is 37.9 Å². The number of carbonyl (C=O) groups is 1. The van der Waals surface area contributed by atoms with Gasteiger partial charge in [-0.25, -0.2) is 4.98 Å². The number of anilines is 2. The Morgan fingerprint density at radius 3 is 2.50 bits per heavy atom. The number of hydrazone groups is 1. The molecule has 0 radical (unpaired) electrons. The summed E-state index contributed by atoms with van der Waals surface area (Å²) in [5.41, 5.74) is 0.854. The maximum atomic E-state index is 13.3. The number of pyridine rings is 1. The van der Waals surface area contributed by atoms with E-state index in [-0.39, 0.29) is 5.57 Å². The number of piperidine rings is 1. The average molecular weight is 523 g/mol.